The van der Waals surface area contributed by atoms with Crippen LogP contribution < -0.4 is 10.6 Å². The number of carbonyl (C=O) groups is 4. The highest BCUT2D eigenvalue weighted by Gasteiger charge is 2.34. The molecule has 0 heterocycles. The quantitative estimate of drug-likeness (QED) is 0.405. The number of alkyl carbamates (subject to hydrolysis) is 1. The summed E-state index contributed by atoms with van der Waals surface area (Å²) in [5.74, 6) is -1.71. The van der Waals surface area contributed by atoms with Crippen molar-refractivity contribution in [2.45, 2.75) is 58.2 Å². The highest BCUT2D eigenvalue weighted by Crippen LogP contribution is 2.23. The first-order valence-electron chi connectivity index (χ1n) is 12.3. The minimum Gasteiger partial charge on any atom is -0.508 e. The number of nitrogens with zero attached hydrogens (tertiary/aromatic N) is 1. The van der Waals surface area contributed by atoms with Gasteiger partial charge in [0.2, 0.25) is 11.8 Å². The zero-order valence-electron chi connectivity index (χ0n) is 22.7. The number of aryl methyl sites for hydroxylation is 1. The van der Waals surface area contributed by atoms with Gasteiger partial charge in [0, 0.05) is 13.5 Å². The molecule has 0 bridgehead atoms. The van der Waals surface area contributed by atoms with E-state index in [1.807, 2.05) is 19.1 Å². The largest absolute Gasteiger partial charge is 0.508 e. The van der Waals surface area contributed by atoms with Gasteiger partial charge in [-0.15, -0.1) is 0 Å². The molecular formula is C28H37N3O7. The van der Waals surface area contributed by atoms with Crippen LogP contribution in [0, 0.1) is 0 Å². The first kappa shape index (κ1) is 30.1. The molecular weight excluding hydrogens is 490 g/mol. The van der Waals surface area contributed by atoms with Crippen LogP contribution in [0.5, 0.6) is 5.75 Å². The highest BCUT2D eigenvalue weighted by atomic mass is 16.6. The lowest BCUT2D eigenvalue weighted by Crippen LogP contribution is -2.52. The van der Waals surface area contributed by atoms with Crippen LogP contribution in [0.4, 0.5) is 4.79 Å². The van der Waals surface area contributed by atoms with E-state index in [1.54, 1.807) is 45.0 Å². The third-order valence-electron chi connectivity index (χ3n) is 5.69. The molecule has 2 aromatic rings. The number of likely N-dealkylation sites (N-methyl/N-ethyl adjacent to an activating group) is 1. The normalized spacial score (nSPS) is 12.6. The molecule has 0 aliphatic heterocycles. The van der Waals surface area contributed by atoms with Crippen molar-refractivity contribution in [1.29, 1.82) is 0 Å². The van der Waals surface area contributed by atoms with Gasteiger partial charge in [-0.05, 0) is 56.0 Å². The lowest BCUT2D eigenvalue weighted by molar-refractivity contribution is -0.143. The van der Waals surface area contributed by atoms with Crippen LogP contribution in [0.3, 0.4) is 0 Å². The summed E-state index contributed by atoms with van der Waals surface area (Å²) >= 11 is 0. The lowest BCUT2D eigenvalue weighted by Gasteiger charge is -2.31. The predicted molar refractivity (Wildman–Crippen MR) is 141 cm³/mol. The summed E-state index contributed by atoms with van der Waals surface area (Å²) in [4.78, 5) is 52.5. The van der Waals surface area contributed by atoms with E-state index in [0.717, 1.165) is 12.0 Å². The predicted octanol–water partition coefficient (Wildman–Crippen LogP) is 2.88. The Kier molecular flexibility index (Phi) is 10.7. The van der Waals surface area contributed by atoms with Gasteiger partial charge in [0.1, 0.15) is 30.0 Å². The number of nitrogens with one attached hydrogen (secondary N) is 2. The Balaban J connectivity index is 2.40. The zero-order valence-corrected chi connectivity index (χ0v) is 22.7. The summed E-state index contributed by atoms with van der Waals surface area (Å²) in [6, 6.07) is 11.3. The van der Waals surface area contributed by atoms with Gasteiger partial charge in [-0.3, -0.25) is 14.4 Å². The average molecular weight is 528 g/mol. The lowest BCUT2D eigenvalue weighted by atomic mass is 9.99. The molecule has 0 spiro atoms. The smallest absolute Gasteiger partial charge is 0.408 e. The summed E-state index contributed by atoms with van der Waals surface area (Å²) in [5.41, 5.74) is 1.46. The topological polar surface area (TPSA) is 134 Å². The van der Waals surface area contributed by atoms with E-state index in [1.165, 1.54) is 31.2 Å². The molecule has 0 radical (unpaired) electrons. The van der Waals surface area contributed by atoms with Gasteiger partial charge >= 0.3 is 12.1 Å². The number of ether oxygens (including phenoxy) is 2. The molecule has 206 valence electrons. The number of carbonyl (C=O) groups excluding carboxylic acids is 4. The molecule has 2 atom stereocenters. The fourth-order valence-corrected chi connectivity index (χ4v) is 3.71. The van der Waals surface area contributed by atoms with E-state index in [0.29, 0.717) is 11.1 Å². The van der Waals surface area contributed by atoms with E-state index in [-0.39, 0.29) is 18.7 Å². The molecule has 0 saturated heterocycles. The standard InChI is InChI=1S/C28H37N3O7/c1-7-18-8-12-20(13-9-18)24(25(34)29-17-23(33)37-6)31(5)26(35)22(30-27(36)38-28(2,3)4)16-19-10-14-21(32)15-11-19/h8-15,22,24,32H,7,16-17H2,1-6H3,(H,29,34)(H,30,36). The molecule has 10 heteroatoms. The third-order valence-corrected chi connectivity index (χ3v) is 5.69. The Labute approximate surface area is 223 Å². The van der Waals surface area contributed by atoms with Crippen molar-refractivity contribution in [1.82, 2.24) is 15.5 Å². The zero-order chi connectivity index (χ0) is 28.5. The van der Waals surface area contributed by atoms with Gasteiger partial charge < -0.3 is 30.1 Å². The Hall–Kier alpha value is -4.08. The van der Waals surface area contributed by atoms with Crippen LogP contribution in [0.2, 0.25) is 0 Å². The van der Waals surface area contributed by atoms with E-state index in [2.05, 4.69) is 15.4 Å². The number of hydrogen-bond acceptors (Lipinski definition) is 7. The second-order valence-corrected chi connectivity index (χ2v) is 9.81. The van der Waals surface area contributed by atoms with E-state index in [9.17, 15) is 24.3 Å². The van der Waals surface area contributed by atoms with Crippen molar-refractivity contribution in [3.05, 3.63) is 65.2 Å². The molecule has 10 nitrogen and oxygen atoms in total. The minimum atomic E-state index is -1.10. The fraction of sp³-hybridized carbons (Fsp3) is 0.429. The van der Waals surface area contributed by atoms with Crippen LogP contribution in [0.1, 0.15) is 50.4 Å². The monoisotopic (exact) mass is 527 g/mol. The summed E-state index contributed by atoms with van der Waals surface area (Å²) in [6.45, 7) is 6.75. The second kappa shape index (κ2) is 13.5. The Bertz CT molecular complexity index is 1110. The molecule has 2 unspecified atom stereocenters. The molecule has 2 rings (SSSR count). The van der Waals surface area contributed by atoms with Crippen LogP contribution >= 0.6 is 0 Å². The molecule has 2 aromatic carbocycles. The summed E-state index contributed by atoms with van der Waals surface area (Å²) in [6.07, 6.45) is 0.0820. The Morgan fingerprint density at radius 1 is 0.974 bits per heavy atom. The molecule has 3 N–H and O–H groups in total. The number of amides is 3. The van der Waals surface area contributed by atoms with Crippen molar-refractivity contribution in [3.8, 4) is 5.75 Å². The number of phenolic OH excluding ortho intramolecular Hbond substituents is 1. The molecule has 0 aliphatic carbocycles. The van der Waals surface area contributed by atoms with Crippen LogP contribution in [-0.2, 0) is 36.7 Å². The van der Waals surface area contributed by atoms with Crippen molar-refractivity contribution in [3.63, 3.8) is 0 Å². The van der Waals surface area contributed by atoms with Crippen LogP contribution in [0.25, 0.3) is 0 Å². The van der Waals surface area contributed by atoms with Crippen molar-refractivity contribution < 1.29 is 33.8 Å². The second-order valence-electron chi connectivity index (χ2n) is 9.81. The Morgan fingerprint density at radius 2 is 1.55 bits per heavy atom. The summed E-state index contributed by atoms with van der Waals surface area (Å²) < 4.78 is 9.97. The van der Waals surface area contributed by atoms with Crippen LogP contribution in [0.15, 0.2) is 48.5 Å². The number of esters is 1. The number of rotatable bonds is 10. The molecule has 0 aromatic heterocycles. The van der Waals surface area contributed by atoms with Gasteiger partial charge in [-0.1, -0.05) is 43.3 Å². The average Bonchev–Trinajstić information content (AvgIpc) is 2.87. The molecule has 0 aliphatic rings. The number of methoxy groups -OCH3 is 1. The van der Waals surface area contributed by atoms with Crippen LogP contribution in [-0.4, -0.2) is 66.2 Å². The first-order chi connectivity index (χ1) is 17.8. The van der Waals surface area contributed by atoms with E-state index in [4.69, 9.17) is 4.74 Å². The molecule has 38 heavy (non-hydrogen) atoms. The van der Waals surface area contributed by atoms with E-state index < -0.39 is 41.6 Å². The van der Waals surface area contributed by atoms with Gasteiger partial charge in [-0.2, -0.15) is 0 Å². The molecule has 0 fully saturated rings. The summed E-state index contributed by atoms with van der Waals surface area (Å²) in [7, 11) is 2.67. The number of hydrogen-bond donors (Lipinski definition) is 3. The fourth-order valence-electron chi connectivity index (χ4n) is 3.71. The number of benzene rings is 2. The maximum atomic E-state index is 13.8. The Morgan fingerprint density at radius 3 is 2.08 bits per heavy atom. The van der Waals surface area contributed by atoms with E-state index >= 15 is 0 Å². The number of phenols is 1. The molecule has 3 amide bonds. The highest BCUT2D eigenvalue weighted by molar-refractivity contribution is 5.93. The van der Waals surface area contributed by atoms with Gasteiger partial charge in [0.15, 0.2) is 0 Å². The third kappa shape index (κ3) is 9.10. The van der Waals surface area contributed by atoms with Gasteiger partial charge in [-0.25, -0.2) is 4.79 Å². The minimum absolute atomic E-state index is 0.0618. The SMILES string of the molecule is CCc1ccc(C(C(=O)NCC(=O)OC)N(C)C(=O)C(Cc2ccc(O)cc2)NC(=O)OC(C)(C)C)cc1. The molecule has 0 saturated carbocycles. The maximum absolute atomic E-state index is 13.8. The van der Waals surface area contributed by atoms with Crippen molar-refractivity contribution >= 4 is 23.9 Å². The summed E-state index contributed by atoms with van der Waals surface area (Å²) in [5, 5.41) is 14.8. The van der Waals surface area contributed by atoms with Crippen molar-refractivity contribution in [2.75, 3.05) is 20.7 Å². The van der Waals surface area contributed by atoms with Gasteiger partial charge in [0.25, 0.3) is 0 Å². The van der Waals surface area contributed by atoms with Crippen molar-refractivity contribution in [2.24, 2.45) is 0 Å². The maximum Gasteiger partial charge on any atom is 0.408 e. The van der Waals surface area contributed by atoms with Gasteiger partial charge in [0.05, 0.1) is 7.11 Å². The number of aromatic hydroxyl groups is 1. The first-order valence-corrected chi connectivity index (χ1v) is 12.3.